The zero-order valence-corrected chi connectivity index (χ0v) is 13.9. The van der Waals surface area contributed by atoms with Crippen LogP contribution >= 0.6 is 0 Å². The molecule has 1 aliphatic rings. The number of nitrogens with two attached hydrogens (primary N) is 1. The Hall–Kier alpha value is -2.16. The summed E-state index contributed by atoms with van der Waals surface area (Å²) in [6.45, 7) is 4.09. The average molecular weight is 305 g/mol. The summed E-state index contributed by atoms with van der Waals surface area (Å²) in [6.07, 6.45) is 6.66. The van der Waals surface area contributed by atoms with Gasteiger partial charge < -0.3 is 5.73 Å². The molecule has 118 valence electrons. The Bertz CT molecular complexity index is 892. The largest absolute Gasteiger partial charge is 0.398 e. The van der Waals surface area contributed by atoms with Crippen LogP contribution in [0.5, 0.6) is 0 Å². The summed E-state index contributed by atoms with van der Waals surface area (Å²) in [5.74, 6) is 0.681. The lowest BCUT2D eigenvalue weighted by Gasteiger charge is -2.22. The van der Waals surface area contributed by atoms with E-state index in [0.29, 0.717) is 5.92 Å². The Morgan fingerprint density at radius 2 is 1.78 bits per heavy atom. The molecule has 23 heavy (non-hydrogen) atoms. The highest BCUT2D eigenvalue weighted by Crippen LogP contribution is 2.36. The van der Waals surface area contributed by atoms with Crippen LogP contribution < -0.4 is 5.73 Å². The number of nitrogen functional groups attached to an aromatic ring is 1. The normalized spacial score (nSPS) is 16.3. The molecule has 2 aromatic heterocycles. The van der Waals surface area contributed by atoms with Gasteiger partial charge in [0.05, 0.1) is 11.2 Å². The van der Waals surface area contributed by atoms with Crippen LogP contribution in [0.15, 0.2) is 24.3 Å². The molecule has 1 aromatic carbocycles. The van der Waals surface area contributed by atoms with Gasteiger partial charge in [0.15, 0.2) is 5.65 Å². The third-order valence-electron chi connectivity index (χ3n) is 5.21. The van der Waals surface area contributed by atoms with E-state index in [1.54, 1.807) is 0 Å². The molecule has 0 saturated heterocycles. The number of aromatic nitrogens is 2. The molecule has 3 aromatic rings. The Balaban J connectivity index is 1.93. The fraction of sp³-hybridized carbons (Fsp3) is 0.400. The third-order valence-corrected chi connectivity index (χ3v) is 5.21. The Morgan fingerprint density at radius 1 is 1.00 bits per heavy atom. The molecule has 0 radical (unpaired) electrons. The molecule has 0 bridgehead atoms. The van der Waals surface area contributed by atoms with Gasteiger partial charge in [-0.3, -0.25) is 0 Å². The topological polar surface area (TPSA) is 51.8 Å². The molecule has 3 heteroatoms. The molecule has 0 unspecified atom stereocenters. The lowest BCUT2D eigenvalue weighted by atomic mass is 9.83. The Labute approximate surface area is 136 Å². The highest BCUT2D eigenvalue weighted by atomic mass is 14.9. The maximum Gasteiger partial charge on any atom is 0.162 e. The zero-order valence-electron chi connectivity index (χ0n) is 13.9. The number of fused-ring (bicyclic) bond motifs is 2. The minimum absolute atomic E-state index is 0.681. The van der Waals surface area contributed by atoms with Crippen LogP contribution in [0.1, 0.15) is 54.8 Å². The quantitative estimate of drug-likeness (QED) is 0.641. The van der Waals surface area contributed by atoms with Crippen LogP contribution in [0.3, 0.4) is 0 Å². The molecule has 0 spiro atoms. The van der Waals surface area contributed by atoms with Gasteiger partial charge in [0, 0.05) is 16.5 Å². The molecule has 1 fully saturated rings. The van der Waals surface area contributed by atoms with Crippen molar-refractivity contribution in [1.82, 2.24) is 9.97 Å². The van der Waals surface area contributed by atoms with Gasteiger partial charge in [-0.05, 0) is 61.9 Å². The van der Waals surface area contributed by atoms with Gasteiger partial charge in [-0.15, -0.1) is 0 Å². The molecule has 3 nitrogen and oxygen atoms in total. The second-order valence-electron chi connectivity index (χ2n) is 6.92. The molecular formula is C20H23N3. The van der Waals surface area contributed by atoms with Gasteiger partial charge in [-0.2, -0.15) is 0 Å². The average Bonchev–Trinajstić information content (AvgIpc) is 2.55. The number of rotatable bonds is 1. The predicted molar refractivity (Wildman–Crippen MR) is 96.8 cm³/mol. The minimum atomic E-state index is 0.681. The van der Waals surface area contributed by atoms with Crippen molar-refractivity contribution >= 4 is 27.6 Å². The van der Waals surface area contributed by atoms with Gasteiger partial charge >= 0.3 is 0 Å². The lowest BCUT2D eigenvalue weighted by Crippen LogP contribution is -2.05. The number of pyridine rings is 2. The molecule has 2 N–H and O–H groups in total. The first-order valence-electron chi connectivity index (χ1n) is 8.60. The summed E-state index contributed by atoms with van der Waals surface area (Å²) in [6, 6.07) is 8.71. The summed E-state index contributed by atoms with van der Waals surface area (Å²) in [5.41, 5.74) is 12.6. The molecule has 1 saturated carbocycles. The van der Waals surface area contributed by atoms with Crippen LogP contribution in [-0.4, -0.2) is 9.97 Å². The van der Waals surface area contributed by atoms with Crippen LogP contribution in [0.4, 0.5) is 5.69 Å². The van der Waals surface area contributed by atoms with Crippen LogP contribution in [0, 0.1) is 13.8 Å². The molecule has 1 aliphatic carbocycles. The standard InChI is InChI=1S/C20H23N3/c1-12-10-13(2)22-20-18(12)19(21)16-11-15(8-9-17(16)23-20)14-6-4-3-5-7-14/h8-11,14H,3-7H2,1-2H3,(H2,21,22,23). The minimum Gasteiger partial charge on any atom is -0.398 e. The van der Waals surface area contributed by atoms with Crippen molar-refractivity contribution in [1.29, 1.82) is 0 Å². The highest BCUT2D eigenvalue weighted by Gasteiger charge is 2.17. The van der Waals surface area contributed by atoms with Crippen molar-refractivity contribution in [3.05, 3.63) is 41.1 Å². The van der Waals surface area contributed by atoms with E-state index in [9.17, 15) is 0 Å². The van der Waals surface area contributed by atoms with Crippen LogP contribution in [0.2, 0.25) is 0 Å². The monoisotopic (exact) mass is 305 g/mol. The van der Waals surface area contributed by atoms with Crippen LogP contribution in [0.25, 0.3) is 21.9 Å². The fourth-order valence-electron chi connectivity index (χ4n) is 4.04. The number of hydrogen-bond acceptors (Lipinski definition) is 3. The first-order valence-corrected chi connectivity index (χ1v) is 8.60. The summed E-state index contributed by atoms with van der Waals surface area (Å²) >= 11 is 0. The van der Waals surface area contributed by atoms with Crippen molar-refractivity contribution in [3.63, 3.8) is 0 Å². The second kappa shape index (κ2) is 5.48. The highest BCUT2D eigenvalue weighted by molar-refractivity contribution is 6.06. The SMILES string of the molecule is Cc1cc(C)c2c(N)c3cc(C4CCCCC4)ccc3nc2n1. The number of benzene rings is 1. The zero-order chi connectivity index (χ0) is 16.0. The van der Waals surface area contributed by atoms with Crippen molar-refractivity contribution in [2.24, 2.45) is 0 Å². The van der Waals surface area contributed by atoms with Gasteiger partial charge in [0.2, 0.25) is 0 Å². The first kappa shape index (κ1) is 14.4. The van der Waals surface area contributed by atoms with Crippen molar-refractivity contribution < 1.29 is 0 Å². The Morgan fingerprint density at radius 3 is 2.57 bits per heavy atom. The van der Waals surface area contributed by atoms with E-state index in [-0.39, 0.29) is 0 Å². The molecule has 0 aliphatic heterocycles. The van der Waals surface area contributed by atoms with E-state index in [4.69, 9.17) is 10.7 Å². The van der Waals surface area contributed by atoms with Crippen molar-refractivity contribution in [2.45, 2.75) is 51.9 Å². The maximum absolute atomic E-state index is 6.52. The third kappa shape index (κ3) is 2.44. The van der Waals surface area contributed by atoms with Gasteiger partial charge in [0.1, 0.15) is 0 Å². The summed E-state index contributed by atoms with van der Waals surface area (Å²) in [4.78, 5) is 9.32. The number of anilines is 1. The van der Waals surface area contributed by atoms with Crippen molar-refractivity contribution in [2.75, 3.05) is 5.73 Å². The molecule has 4 rings (SSSR count). The molecule has 2 heterocycles. The van der Waals surface area contributed by atoms with E-state index < -0.39 is 0 Å². The fourth-order valence-corrected chi connectivity index (χ4v) is 4.04. The lowest BCUT2D eigenvalue weighted by molar-refractivity contribution is 0.444. The Kier molecular flexibility index (Phi) is 3.44. The molecule has 0 amide bonds. The number of aryl methyl sites for hydroxylation is 2. The van der Waals surface area contributed by atoms with Crippen LogP contribution in [-0.2, 0) is 0 Å². The predicted octanol–water partition coefficient (Wildman–Crippen LogP) is 5.03. The van der Waals surface area contributed by atoms with Gasteiger partial charge in [0.25, 0.3) is 0 Å². The summed E-state index contributed by atoms with van der Waals surface area (Å²) in [5, 5.41) is 2.08. The smallest absolute Gasteiger partial charge is 0.162 e. The number of nitrogens with zero attached hydrogens (tertiary/aromatic N) is 2. The second-order valence-corrected chi connectivity index (χ2v) is 6.92. The maximum atomic E-state index is 6.52. The van der Waals surface area contributed by atoms with E-state index in [1.165, 1.54) is 37.7 Å². The summed E-state index contributed by atoms with van der Waals surface area (Å²) < 4.78 is 0. The first-order chi connectivity index (χ1) is 11.1. The van der Waals surface area contributed by atoms with Gasteiger partial charge in [-0.1, -0.05) is 25.3 Å². The van der Waals surface area contributed by atoms with Crippen molar-refractivity contribution in [3.8, 4) is 0 Å². The molecule has 0 atom stereocenters. The van der Waals surface area contributed by atoms with E-state index in [2.05, 4.69) is 36.2 Å². The van der Waals surface area contributed by atoms with E-state index in [0.717, 1.165) is 38.9 Å². The number of hydrogen-bond donors (Lipinski definition) is 1. The van der Waals surface area contributed by atoms with Gasteiger partial charge in [-0.25, -0.2) is 9.97 Å². The van der Waals surface area contributed by atoms with E-state index in [1.807, 2.05) is 6.92 Å². The summed E-state index contributed by atoms with van der Waals surface area (Å²) in [7, 11) is 0. The molecular weight excluding hydrogens is 282 g/mol. The van der Waals surface area contributed by atoms with E-state index >= 15 is 0 Å².